The van der Waals surface area contributed by atoms with Gasteiger partial charge >= 0.3 is 5.97 Å². The number of thioether (sulfide) groups is 1. The quantitative estimate of drug-likeness (QED) is 0.128. The Balaban J connectivity index is 1.25. The molecule has 8 nitrogen and oxygen atoms in total. The Morgan fingerprint density at radius 1 is 0.977 bits per heavy atom. The highest BCUT2D eigenvalue weighted by atomic mass is 35.5. The van der Waals surface area contributed by atoms with Crippen molar-refractivity contribution in [3.05, 3.63) is 86.7 Å². The summed E-state index contributed by atoms with van der Waals surface area (Å²) < 4.78 is 17.8. The minimum Gasteiger partial charge on any atom is -0.494 e. The maximum atomic E-state index is 13.3. The summed E-state index contributed by atoms with van der Waals surface area (Å²) in [7, 11) is 0. The van der Waals surface area contributed by atoms with E-state index >= 15 is 0 Å². The molecule has 0 aliphatic carbocycles. The molecule has 44 heavy (non-hydrogen) atoms. The second kappa shape index (κ2) is 15.2. The molecule has 0 bridgehead atoms. The highest BCUT2D eigenvalue weighted by Crippen LogP contribution is 2.39. The fourth-order valence-electron chi connectivity index (χ4n) is 4.74. The Morgan fingerprint density at radius 2 is 1.75 bits per heavy atom. The molecule has 0 spiro atoms. The molecule has 230 valence electrons. The number of morpholine rings is 1. The van der Waals surface area contributed by atoms with Crippen molar-refractivity contribution in [2.24, 2.45) is 0 Å². The third-order valence-corrected chi connectivity index (χ3v) is 8.99. The van der Waals surface area contributed by atoms with Crippen molar-refractivity contribution >= 4 is 69.5 Å². The number of carboxylic acids is 1. The summed E-state index contributed by atoms with van der Waals surface area (Å²) in [5, 5.41) is 10.1. The van der Waals surface area contributed by atoms with Gasteiger partial charge in [-0.15, -0.1) is 0 Å². The lowest BCUT2D eigenvalue weighted by Gasteiger charge is -2.26. The molecule has 2 heterocycles. The van der Waals surface area contributed by atoms with Gasteiger partial charge in [-0.05, 0) is 66.6 Å². The van der Waals surface area contributed by atoms with Crippen molar-refractivity contribution < 1.29 is 28.9 Å². The lowest BCUT2D eigenvalue weighted by atomic mass is 10.0. The number of halogens is 2. The summed E-state index contributed by atoms with van der Waals surface area (Å²) in [6.07, 6.45) is 2.38. The van der Waals surface area contributed by atoms with Crippen LogP contribution in [-0.4, -0.2) is 83.7 Å². The van der Waals surface area contributed by atoms with Gasteiger partial charge in [0.05, 0.1) is 35.3 Å². The molecule has 2 aliphatic rings. The van der Waals surface area contributed by atoms with Gasteiger partial charge in [0.2, 0.25) is 0 Å². The number of ether oxygens (including phenoxy) is 3. The average Bonchev–Trinajstić information content (AvgIpc) is 3.28. The summed E-state index contributed by atoms with van der Waals surface area (Å²) in [6.45, 7) is 5.25. The monoisotopic (exact) mass is 672 g/mol. The van der Waals surface area contributed by atoms with E-state index in [1.165, 1.54) is 23.9 Å². The van der Waals surface area contributed by atoms with Crippen LogP contribution in [0.4, 0.5) is 0 Å². The van der Waals surface area contributed by atoms with E-state index in [0.29, 0.717) is 56.9 Å². The minimum absolute atomic E-state index is 0.164. The van der Waals surface area contributed by atoms with Gasteiger partial charge < -0.3 is 19.3 Å². The molecule has 12 heteroatoms. The van der Waals surface area contributed by atoms with E-state index in [0.717, 1.165) is 49.5 Å². The molecule has 0 unspecified atom stereocenters. The molecule has 2 saturated heterocycles. The molecule has 0 aromatic heterocycles. The van der Waals surface area contributed by atoms with Crippen LogP contribution in [0.2, 0.25) is 10.0 Å². The third kappa shape index (κ3) is 8.32. The Hall–Kier alpha value is -3.12. The van der Waals surface area contributed by atoms with Gasteiger partial charge in [0.15, 0.2) is 0 Å². The van der Waals surface area contributed by atoms with E-state index < -0.39 is 5.97 Å². The normalized spacial score (nSPS) is 16.5. The fraction of sp³-hybridized carbons (Fsp3) is 0.281. The summed E-state index contributed by atoms with van der Waals surface area (Å²) in [6, 6.07) is 17.3. The van der Waals surface area contributed by atoms with Crippen molar-refractivity contribution in [1.82, 2.24) is 9.80 Å². The summed E-state index contributed by atoms with van der Waals surface area (Å²) in [5.41, 5.74) is 2.57. The van der Waals surface area contributed by atoms with Gasteiger partial charge in [0.25, 0.3) is 5.91 Å². The second-order valence-corrected chi connectivity index (χ2v) is 12.6. The van der Waals surface area contributed by atoms with Crippen molar-refractivity contribution in [2.45, 2.75) is 6.42 Å². The topological polar surface area (TPSA) is 88.5 Å². The lowest BCUT2D eigenvalue weighted by molar-refractivity contribution is -0.122. The zero-order valence-corrected chi connectivity index (χ0v) is 26.8. The van der Waals surface area contributed by atoms with Crippen LogP contribution in [0.25, 0.3) is 17.2 Å². The van der Waals surface area contributed by atoms with Gasteiger partial charge in [0.1, 0.15) is 22.4 Å². The Bertz CT molecular complexity index is 1560. The van der Waals surface area contributed by atoms with E-state index in [-0.39, 0.29) is 11.5 Å². The summed E-state index contributed by atoms with van der Waals surface area (Å²) in [4.78, 5) is 28.7. The number of aromatic carboxylic acids is 1. The number of carbonyl (C=O) groups excluding carboxylic acids is 1. The van der Waals surface area contributed by atoms with Crippen LogP contribution in [0.5, 0.6) is 11.5 Å². The van der Waals surface area contributed by atoms with Gasteiger partial charge in [-0.2, -0.15) is 0 Å². The van der Waals surface area contributed by atoms with E-state index in [2.05, 4.69) is 4.90 Å². The number of carbonyl (C=O) groups is 2. The van der Waals surface area contributed by atoms with Crippen LogP contribution in [0.3, 0.4) is 0 Å². The first-order valence-corrected chi connectivity index (χ1v) is 16.0. The average molecular weight is 674 g/mol. The number of carboxylic acid groups (broad SMARTS) is 1. The predicted octanol–water partition coefficient (Wildman–Crippen LogP) is 6.74. The number of nitrogens with zero attached hydrogens (tertiary/aromatic N) is 2. The molecule has 3 aromatic rings. The molecular formula is C32H30Cl2N2O6S2. The number of thiocarbonyl (C=S) groups is 1. The molecule has 0 radical (unpaired) electrons. The highest BCUT2D eigenvalue weighted by Gasteiger charge is 2.31. The van der Waals surface area contributed by atoms with Crippen molar-refractivity contribution in [1.29, 1.82) is 0 Å². The molecule has 1 amide bonds. The Labute approximate surface area is 275 Å². The maximum absolute atomic E-state index is 13.3. The van der Waals surface area contributed by atoms with E-state index in [4.69, 9.17) is 54.7 Å². The first-order valence-electron chi connectivity index (χ1n) is 14.0. The van der Waals surface area contributed by atoms with E-state index in [9.17, 15) is 9.59 Å². The lowest BCUT2D eigenvalue weighted by Crippen LogP contribution is -2.38. The van der Waals surface area contributed by atoms with Crippen LogP contribution in [0, 0.1) is 0 Å². The number of hydrogen-bond donors (Lipinski definition) is 1. The SMILES string of the molecule is O=C(O)c1ccc(OCCCN2C(=O)/C(=C/c3ccc(OCCN4CCOCC4)c(-c4ccc(Cl)cc4Cl)c3)SC2=S)cc1. The number of benzene rings is 3. The van der Waals surface area contributed by atoms with Crippen LogP contribution in [0.1, 0.15) is 22.3 Å². The Kier molecular flexibility index (Phi) is 11.2. The summed E-state index contributed by atoms with van der Waals surface area (Å²) in [5.74, 6) is 0.0885. The molecule has 0 saturated carbocycles. The molecular weight excluding hydrogens is 643 g/mol. The summed E-state index contributed by atoms with van der Waals surface area (Å²) >= 11 is 19.5. The van der Waals surface area contributed by atoms with Gasteiger partial charge in [-0.25, -0.2) is 4.79 Å². The van der Waals surface area contributed by atoms with Crippen molar-refractivity contribution in [3.8, 4) is 22.6 Å². The van der Waals surface area contributed by atoms with Crippen molar-refractivity contribution in [3.63, 3.8) is 0 Å². The van der Waals surface area contributed by atoms with E-state index in [1.807, 2.05) is 30.3 Å². The first-order chi connectivity index (χ1) is 21.3. The zero-order valence-electron chi connectivity index (χ0n) is 23.7. The number of rotatable bonds is 12. The maximum Gasteiger partial charge on any atom is 0.335 e. The van der Waals surface area contributed by atoms with Gasteiger partial charge in [-0.3, -0.25) is 14.6 Å². The Morgan fingerprint density at radius 3 is 2.48 bits per heavy atom. The fourth-order valence-corrected chi connectivity index (χ4v) is 6.56. The minimum atomic E-state index is -0.993. The smallest absolute Gasteiger partial charge is 0.335 e. The molecule has 0 atom stereocenters. The van der Waals surface area contributed by atoms with Gasteiger partial charge in [0, 0.05) is 42.3 Å². The zero-order chi connectivity index (χ0) is 31.1. The van der Waals surface area contributed by atoms with Crippen LogP contribution >= 0.6 is 47.2 Å². The molecule has 5 rings (SSSR count). The third-order valence-electron chi connectivity index (χ3n) is 7.06. The largest absolute Gasteiger partial charge is 0.494 e. The standard InChI is InChI=1S/C32H30Cl2N2O6S2/c33-23-5-8-25(27(34)20-23)26-18-21(2-9-28(26)42-17-13-35-11-15-40-16-12-35)19-29-30(37)36(32(43)44-29)10-1-14-41-24-6-3-22(4-7-24)31(38)39/h2-9,18-20H,1,10-17H2,(H,38,39)/b29-19-. The van der Waals surface area contributed by atoms with Crippen molar-refractivity contribution in [2.75, 3.05) is 52.6 Å². The van der Waals surface area contributed by atoms with Gasteiger partial charge in [-0.1, -0.05) is 59.3 Å². The second-order valence-electron chi connectivity index (χ2n) is 10.0. The first kappa shape index (κ1) is 32.3. The molecule has 2 fully saturated rings. The van der Waals surface area contributed by atoms with E-state index in [1.54, 1.807) is 29.2 Å². The molecule has 2 aliphatic heterocycles. The number of hydrogen-bond acceptors (Lipinski definition) is 8. The molecule has 3 aromatic carbocycles. The van der Waals surface area contributed by atoms with Crippen LogP contribution < -0.4 is 9.47 Å². The van der Waals surface area contributed by atoms with Crippen LogP contribution in [-0.2, 0) is 9.53 Å². The van der Waals surface area contributed by atoms with Crippen LogP contribution in [0.15, 0.2) is 65.6 Å². The number of amides is 1. The highest BCUT2D eigenvalue weighted by molar-refractivity contribution is 8.26. The predicted molar refractivity (Wildman–Crippen MR) is 178 cm³/mol. The molecule has 1 N–H and O–H groups in total.